The maximum absolute atomic E-state index is 13.1. The van der Waals surface area contributed by atoms with Crippen LogP contribution in [0.3, 0.4) is 0 Å². The molecule has 2 heterocycles. The first-order valence-corrected chi connectivity index (χ1v) is 9.23. The number of aromatic nitrogens is 2. The van der Waals surface area contributed by atoms with Gasteiger partial charge in [0.1, 0.15) is 6.04 Å². The number of amides is 1. The van der Waals surface area contributed by atoms with E-state index in [0.717, 1.165) is 26.2 Å². The van der Waals surface area contributed by atoms with Crippen molar-refractivity contribution in [1.82, 2.24) is 13.4 Å². The summed E-state index contributed by atoms with van der Waals surface area (Å²) >= 11 is 0. The van der Waals surface area contributed by atoms with Crippen LogP contribution >= 0.6 is 0 Å². The van der Waals surface area contributed by atoms with Crippen LogP contribution in [-0.4, -0.2) is 33.8 Å². The van der Waals surface area contributed by atoms with Crippen molar-refractivity contribution in [3.8, 4) is 0 Å². The van der Waals surface area contributed by atoms with Crippen LogP contribution in [0.1, 0.15) is 11.1 Å². The summed E-state index contributed by atoms with van der Waals surface area (Å²) in [6.45, 7) is -0.0852. The van der Waals surface area contributed by atoms with Gasteiger partial charge in [-0.25, -0.2) is 13.2 Å². The molecule has 3 rings (SSSR count). The lowest BCUT2D eigenvalue weighted by molar-refractivity contribution is -0.122. The minimum absolute atomic E-state index is 0.0852. The van der Waals surface area contributed by atoms with Crippen LogP contribution in [-0.2, 0) is 41.9 Å². The summed E-state index contributed by atoms with van der Waals surface area (Å²) in [6, 6.07) is 6.01. The van der Waals surface area contributed by atoms with Gasteiger partial charge in [-0.3, -0.25) is 14.2 Å². The minimum Gasteiger partial charge on any atom is -0.368 e. The number of benzene rings is 1. The van der Waals surface area contributed by atoms with Crippen LogP contribution in [0.5, 0.6) is 0 Å². The number of sulfonamides is 1. The van der Waals surface area contributed by atoms with Crippen molar-refractivity contribution < 1.29 is 13.2 Å². The standard InChI is InChI=1S/C16H18N4O5S/c1-18-9-13(15(22)19(2)16(18)23)26(24,25)20-8-11-6-4-3-5-10(11)7-12(20)14(17)21/h3-6,9,12H,7-8H2,1-2H3,(H2,17,21)/t12-/m0/s1. The topological polar surface area (TPSA) is 124 Å². The molecule has 1 aromatic heterocycles. The van der Waals surface area contributed by atoms with Gasteiger partial charge in [0.15, 0.2) is 4.90 Å². The first-order valence-electron chi connectivity index (χ1n) is 7.79. The number of hydrogen-bond donors (Lipinski definition) is 1. The van der Waals surface area contributed by atoms with Gasteiger partial charge in [0.25, 0.3) is 15.6 Å². The zero-order valence-electron chi connectivity index (χ0n) is 14.2. The van der Waals surface area contributed by atoms with Crippen molar-refractivity contribution in [2.45, 2.75) is 23.9 Å². The monoisotopic (exact) mass is 378 g/mol. The molecule has 0 saturated heterocycles. The summed E-state index contributed by atoms with van der Waals surface area (Å²) in [5.74, 6) is -0.801. The Morgan fingerprint density at radius 3 is 2.38 bits per heavy atom. The molecule has 9 nitrogen and oxygen atoms in total. The van der Waals surface area contributed by atoms with Crippen LogP contribution in [0, 0.1) is 0 Å². The molecule has 1 atom stereocenters. The number of carbonyl (C=O) groups excluding carboxylic acids is 1. The second-order valence-corrected chi connectivity index (χ2v) is 8.05. The Labute approximate surface area is 149 Å². The number of primary amides is 1. The molecule has 1 aliphatic rings. The van der Waals surface area contributed by atoms with E-state index < -0.39 is 38.1 Å². The summed E-state index contributed by atoms with van der Waals surface area (Å²) in [5, 5.41) is 0. The molecule has 1 aromatic carbocycles. The fourth-order valence-electron chi connectivity index (χ4n) is 3.07. The summed E-state index contributed by atoms with van der Waals surface area (Å²) in [4.78, 5) is 35.5. The quantitative estimate of drug-likeness (QED) is 0.710. The van der Waals surface area contributed by atoms with Gasteiger partial charge in [-0.05, 0) is 17.5 Å². The molecule has 10 heteroatoms. The maximum Gasteiger partial charge on any atom is 0.330 e. The lowest BCUT2D eigenvalue weighted by atomic mass is 9.96. The van der Waals surface area contributed by atoms with Crippen molar-refractivity contribution in [3.05, 3.63) is 62.4 Å². The lowest BCUT2D eigenvalue weighted by Gasteiger charge is -2.33. The number of fused-ring (bicyclic) bond motifs is 1. The molecule has 0 unspecified atom stereocenters. The summed E-state index contributed by atoms with van der Waals surface area (Å²) < 4.78 is 28.9. The minimum atomic E-state index is -4.35. The normalized spacial score (nSPS) is 17.7. The van der Waals surface area contributed by atoms with Gasteiger partial charge in [0.2, 0.25) is 5.91 Å². The molecule has 0 radical (unpaired) electrons. The number of carbonyl (C=O) groups is 1. The van der Waals surface area contributed by atoms with Crippen molar-refractivity contribution in [1.29, 1.82) is 0 Å². The number of nitrogens with two attached hydrogens (primary N) is 1. The predicted molar refractivity (Wildman–Crippen MR) is 92.8 cm³/mol. The van der Waals surface area contributed by atoms with Crippen molar-refractivity contribution >= 4 is 15.9 Å². The van der Waals surface area contributed by atoms with Crippen molar-refractivity contribution in [2.24, 2.45) is 19.8 Å². The van der Waals surface area contributed by atoms with Crippen LogP contribution in [0.25, 0.3) is 0 Å². The van der Waals surface area contributed by atoms with Gasteiger partial charge in [-0.2, -0.15) is 4.31 Å². The van der Waals surface area contributed by atoms with Crippen LogP contribution in [0.15, 0.2) is 44.9 Å². The summed E-state index contributed by atoms with van der Waals surface area (Å²) in [6.07, 6.45) is 1.09. The highest BCUT2D eigenvalue weighted by molar-refractivity contribution is 7.89. The third kappa shape index (κ3) is 2.76. The Balaban J connectivity index is 2.19. The molecule has 26 heavy (non-hydrogen) atoms. The Morgan fingerprint density at radius 1 is 1.15 bits per heavy atom. The Morgan fingerprint density at radius 2 is 1.77 bits per heavy atom. The van der Waals surface area contributed by atoms with E-state index in [0.29, 0.717) is 4.57 Å². The molecule has 1 amide bonds. The zero-order valence-corrected chi connectivity index (χ0v) is 15.1. The van der Waals surface area contributed by atoms with Gasteiger partial charge in [0.05, 0.1) is 0 Å². The molecule has 2 aromatic rings. The average molecular weight is 378 g/mol. The zero-order chi connectivity index (χ0) is 19.2. The number of hydrogen-bond acceptors (Lipinski definition) is 5. The highest BCUT2D eigenvalue weighted by atomic mass is 32.2. The molecule has 0 spiro atoms. The molecule has 138 valence electrons. The van der Waals surface area contributed by atoms with Gasteiger partial charge < -0.3 is 10.3 Å². The van der Waals surface area contributed by atoms with E-state index in [1.807, 2.05) is 0 Å². The van der Waals surface area contributed by atoms with Gasteiger partial charge in [0, 0.05) is 26.8 Å². The molecule has 0 bridgehead atoms. The van der Waals surface area contributed by atoms with Crippen LogP contribution < -0.4 is 17.0 Å². The fourth-order valence-corrected chi connectivity index (χ4v) is 4.80. The summed E-state index contributed by atoms with van der Waals surface area (Å²) in [5.41, 5.74) is 5.39. The first-order chi connectivity index (χ1) is 12.1. The highest BCUT2D eigenvalue weighted by Gasteiger charge is 2.40. The third-order valence-electron chi connectivity index (χ3n) is 4.54. The molecular formula is C16H18N4O5S. The fraction of sp³-hybridized carbons (Fsp3) is 0.312. The largest absolute Gasteiger partial charge is 0.368 e. The molecule has 2 N–H and O–H groups in total. The van der Waals surface area contributed by atoms with Crippen molar-refractivity contribution in [2.75, 3.05) is 0 Å². The molecule has 0 saturated carbocycles. The number of aryl methyl sites for hydroxylation is 1. The SMILES string of the molecule is Cn1cc(S(=O)(=O)N2Cc3ccccc3C[C@H]2C(N)=O)c(=O)n(C)c1=O. The lowest BCUT2D eigenvalue weighted by Crippen LogP contribution is -2.52. The Kier molecular flexibility index (Phi) is 4.32. The third-order valence-corrected chi connectivity index (χ3v) is 6.37. The molecule has 1 aliphatic heterocycles. The second kappa shape index (κ2) is 6.22. The maximum atomic E-state index is 13.1. The highest BCUT2D eigenvalue weighted by Crippen LogP contribution is 2.27. The molecular weight excluding hydrogens is 360 g/mol. The first kappa shape index (κ1) is 18.1. The van der Waals surface area contributed by atoms with E-state index in [4.69, 9.17) is 5.73 Å². The van der Waals surface area contributed by atoms with E-state index in [1.54, 1.807) is 24.3 Å². The van der Waals surface area contributed by atoms with E-state index in [-0.39, 0.29) is 13.0 Å². The Bertz CT molecular complexity index is 1120. The van der Waals surface area contributed by atoms with E-state index in [1.165, 1.54) is 14.1 Å². The van der Waals surface area contributed by atoms with Crippen molar-refractivity contribution in [3.63, 3.8) is 0 Å². The number of rotatable bonds is 3. The number of nitrogens with zero attached hydrogens (tertiary/aromatic N) is 3. The van der Waals surface area contributed by atoms with E-state index in [2.05, 4.69) is 0 Å². The Hall–Kier alpha value is -2.72. The van der Waals surface area contributed by atoms with E-state index >= 15 is 0 Å². The molecule has 0 aliphatic carbocycles. The second-order valence-electron chi connectivity index (χ2n) is 6.19. The van der Waals surface area contributed by atoms with Crippen LogP contribution in [0.4, 0.5) is 0 Å². The smallest absolute Gasteiger partial charge is 0.330 e. The van der Waals surface area contributed by atoms with E-state index in [9.17, 15) is 22.8 Å². The van der Waals surface area contributed by atoms with Crippen LogP contribution in [0.2, 0.25) is 0 Å². The van der Waals surface area contributed by atoms with Gasteiger partial charge in [-0.1, -0.05) is 24.3 Å². The molecule has 0 fully saturated rings. The average Bonchev–Trinajstić information content (AvgIpc) is 2.61. The van der Waals surface area contributed by atoms with Gasteiger partial charge in [-0.15, -0.1) is 0 Å². The summed E-state index contributed by atoms with van der Waals surface area (Å²) in [7, 11) is -1.81. The predicted octanol–water partition coefficient (Wildman–Crippen LogP) is -1.32. The van der Waals surface area contributed by atoms with Gasteiger partial charge >= 0.3 is 5.69 Å².